The summed E-state index contributed by atoms with van der Waals surface area (Å²) in [5, 5.41) is 63.8. The molecule has 0 spiro atoms. The Morgan fingerprint density at radius 2 is 1.42 bits per heavy atom. The molecule has 2 aromatic carbocycles. The number of carbonyl (C=O) groups excluding carboxylic acids is 3. The van der Waals surface area contributed by atoms with Gasteiger partial charge in [-0.15, -0.1) is 0 Å². The van der Waals surface area contributed by atoms with Crippen molar-refractivity contribution in [2.45, 2.75) is 135 Å². The summed E-state index contributed by atoms with van der Waals surface area (Å²) in [6.07, 6.45) is -9.02. The third-order valence-electron chi connectivity index (χ3n) is 12.2. The fourth-order valence-electron chi connectivity index (χ4n) is 8.43. The van der Waals surface area contributed by atoms with E-state index in [0.29, 0.717) is 17.1 Å². The maximum absolute atomic E-state index is 13.7. The minimum absolute atomic E-state index is 0.0739. The monoisotopic (exact) mass is 844 g/mol. The molecule has 1 amide bonds. The number of cyclic esters (lactones) is 1. The van der Waals surface area contributed by atoms with Crippen molar-refractivity contribution >= 4 is 23.6 Å². The van der Waals surface area contributed by atoms with Gasteiger partial charge in [-0.3, -0.25) is 9.59 Å². The van der Waals surface area contributed by atoms with Crippen LogP contribution in [0.2, 0.25) is 0 Å². The zero-order valence-electron chi connectivity index (χ0n) is 36.5. The number of aliphatic hydroxyl groups excluding tert-OH is 3. The van der Waals surface area contributed by atoms with Crippen molar-refractivity contribution in [1.29, 1.82) is 0 Å². The maximum Gasteiger partial charge on any atom is 0.365 e. The van der Waals surface area contributed by atoms with Gasteiger partial charge in [-0.1, -0.05) is 32.9 Å². The summed E-state index contributed by atoms with van der Waals surface area (Å²) in [7, 11) is 4.57. The highest BCUT2D eigenvalue weighted by atomic mass is 16.7. The number of esters is 1. The first-order chi connectivity index (χ1) is 28.1. The van der Waals surface area contributed by atoms with Crippen LogP contribution < -0.4 is 9.47 Å². The lowest BCUT2D eigenvalue weighted by molar-refractivity contribution is -0.298. The van der Waals surface area contributed by atoms with E-state index in [-0.39, 0.29) is 36.4 Å². The molecule has 2 aromatic rings. The fourth-order valence-corrected chi connectivity index (χ4v) is 8.43. The van der Waals surface area contributed by atoms with Crippen molar-refractivity contribution in [3.05, 3.63) is 59.7 Å². The Morgan fingerprint density at radius 1 is 0.867 bits per heavy atom. The number of hydrogen-bond acceptors (Lipinski definition) is 15. The predicted octanol–water partition coefficient (Wildman–Crippen LogP) is 3.73. The number of likely N-dealkylation sites (N-methyl/N-ethyl adjacent to an activating group) is 1. The molecule has 5 N–H and O–H groups in total. The Hall–Kier alpha value is -4.16. The van der Waals surface area contributed by atoms with Gasteiger partial charge in [-0.2, -0.15) is 0 Å². The first kappa shape index (κ1) is 48.5. The summed E-state index contributed by atoms with van der Waals surface area (Å²) < 4.78 is 28.8. The SMILES string of the molecule is CC[C@H]1OC(=O)[C@H](C)[C@@H](O)[C@H](C)[C@@H](O[C@@H]2O[C@H](C)C[C@H](N(C)C(=O)c3ccc(OC)cc3)[C@H]2O)[C@](C)(O)C[C@@H](C)/C(=N\OC(=O)c2ccc(OC)cc2)[C@H](C)[C@@H](O)[C@]1(C)O. The van der Waals surface area contributed by atoms with Crippen LogP contribution in [-0.2, 0) is 23.8 Å². The maximum atomic E-state index is 13.7. The van der Waals surface area contributed by atoms with Crippen molar-refractivity contribution < 1.29 is 68.4 Å². The predicted molar refractivity (Wildman–Crippen MR) is 219 cm³/mol. The highest BCUT2D eigenvalue weighted by Crippen LogP contribution is 2.38. The average molecular weight is 845 g/mol. The first-order valence-corrected chi connectivity index (χ1v) is 20.4. The van der Waals surface area contributed by atoms with Gasteiger partial charge in [-0.25, -0.2) is 4.79 Å². The minimum Gasteiger partial charge on any atom is -0.497 e. The molecule has 334 valence electrons. The van der Waals surface area contributed by atoms with Gasteiger partial charge in [0, 0.05) is 30.4 Å². The molecule has 2 aliphatic heterocycles. The Balaban J connectivity index is 1.74. The van der Waals surface area contributed by atoms with Crippen LogP contribution >= 0.6 is 0 Å². The van der Waals surface area contributed by atoms with Crippen LogP contribution in [0.5, 0.6) is 11.5 Å². The van der Waals surface area contributed by atoms with E-state index in [1.54, 1.807) is 78.1 Å². The molecule has 2 fully saturated rings. The van der Waals surface area contributed by atoms with Crippen molar-refractivity contribution in [1.82, 2.24) is 4.90 Å². The van der Waals surface area contributed by atoms with Gasteiger partial charge in [-0.05, 0) is 95.5 Å². The molecule has 0 saturated carbocycles. The van der Waals surface area contributed by atoms with Crippen LogP contribution in [0, 0.1) is 23.7 Å². The number of hydrogen-bond donors (Lipinski definition) is 5. The van der Waals surface area contributed by atoms with E-state index in [9.17, 15) is 39.9 Å². The molecule has 4 rings (SSSR count). The summed E-state index contributed by atoms with van der Waals surface area (Å²) >= 11 is 0. The Kier molecular flexibility index (Phi) is 16.3. The van der Waals surface area contributed by atoms with Gasteiger partial charge in [0.15, 0.2) is 6.29 Å². The second kappa shape index (κ2) is 20.1. The zero-order valence-corrected chi connectivity index (χ0v) is 36.5. The lowest BCUT2D eigenvalue weighted by Crippen LogP contribution is -2.60. The standard InChI is InChI=1S/C44H64N2O14/c1-12-33-44(8,54)37(49)25(4)34(45-60-41(52)29-15-19-31(56-11)20-16-29)23(2)22-43(7,53)38(26(5)35(47)27(6)40(51)58-33)59-42-36(48)32(21-24(3)57-42)46(9)39(50)28-13-17-30(55-10)18-14-28/h13-20,23-27,32-33,35-38,42,47-49,53-54H,12,21-22H2,1-11H3/b45-34+/t23-,24-,25+,26+,27-,32+,33-,35+,36-,37-,38-,42+,43-,44-/m1/s1. The van der Waals surface area contributed by atoms with Crippen molar-refractivity contribution in [3.63, 3.8) is 0 Å². The number of benzene rings is 2. The minimum atomic E-state index is -2.05. The summed E-state index contributed by atoms with van der Waals surface area (Å²) in [5.74, 6) is -5.10. The van der Waals surface area contributed by atoms with Crippen LogP contribution in [0.15, 0.2) is 53.7 Å². The number of oxime groups is 1. The van der Waals surface area contributed by atoms with Gasteiger partial charge in [0.25, 0.3) is 5.91 Å². The molecular formula is C44H64N2O14. The molecule has 2 aliphatic rings. The molecule has 16 nitrogen and oxygen atoms in total. The van der Waals surface area contributed by atoms with Crippen molar-refractivity contribution in [2.75, 3.05) is 21.3 Å². The largest absolute Gasteiger partial charge is 0.497 e. The molecule has 2 heterocycles. The van der Waals surface area contributed by atoms with E-state index in [2.05, 4.69) is 5.16 Å². The third-order valence-corrected chi connectivity index (χ3v) is 12.2. The van der Waals surface area contributed by atoms with Gasteiger partial charge >= 0.3 is 11.9 Å². The van der Waals surface area contributed by atoms with E-state index in [1.807, 2.05) is 0 Å². The highest BCUT2D eigenvalue weighted by molar-refractivity contribution is 5.94. The molecule has 2 saturated heterocycles. The number of ether oxygens (including phenoxy) is 5. The smallest absolute Gasteiger partial charge is 0.365 e. The quantitative estimate of drug-likeness (QED) is 0.138. The highest BCUT2D eigenvalue weighted by Gasteiger charge is 2.51. The molecule has 16 heteroatoms. The molecule has 60 heavy (non-hydrogen) atoms. The number of carbonyl (C=O) groups is 3. The van der Waals surface area contributed by atoms with Gasteiger partial charge < -0.3 is 59.0 Å². The first-order valence-electron chi connectivity index (χ1n) is 20.4. The lowest BCUT2D eigenvalue weighted by atomic mass is 9.73. The topological polar surface area (TPSA) is 223 Å². The van der Waals surface area contributed by atoms with Gasteiger partial charge in [0.2, 0.25) is 0 Å². The van der Waals surface area contributed by atoms with Crippen LogP contribution in [0.3, 0.4) is 0 Å². The fraction of sp³-hybridized carbons (Fsp3) is 0.636. The van der Waals surface area contributed by atoms with Gasteiger partial charge in [0.05, 0.1) is 67.5 Å². The van der Waals surface area contributed by atoms with Crippen LogP contribution in [0.1, 0.15) is 95.4 Å². The van der Waals surface area contributed by atoms with Crippen molar-refractivity contribution in [3.8, 4) is 11.5 Å². The third kappa shape index (κ3) is 10.8. The molecule has 0 bridgehead atoms. The summed E-state index contributed by atoms with van der Waals surface area (Å²) in [5.41, 5.74) is -3.38. The van der Waals surface area contributed by atoms with Gasteiger partial charge in [0.1, 0.15) is 29.3 Å². The van der Waals surface area contributed by atoms with Crippen LogP contribution in [-0.4, -0.2) is 135 Å². The van der Waals surface area contributed by atoms with E-state index >= 15 is 0 Å². The molecule has 0 aliphatic carbocycles. The number of aliphatic hydroxyl groups is 5. The summed E-state index contributed by atoms with van der Waals surface area (Å²) in [6, 6.07) is 11.9. The Labute approximate surface area is 352 Å². The zero-order chi connectivity index (χ0) is 44.9. The Morgan fingerprint density at radius 3 is 1.95 bits per heavy atom. The van der Waals surface area contributed by atoms with Crippen molar-refractivity contribution in [2.24, 2.45) is 28.8 Å². The van der Waals surface area contributed by atoms with E-state index < -0.39 is 95.8 Å². The number of rotatable bonds is 9. The number of amides is 1. The van der Waals surface area contributed by atoms with Crippen LogP contribution in [0.4, 0.5) is 0 Å². The summed E-state index contributed by atoms with van der Waals surface area (Å²) in [6.45, 7) is 12.5. The van der Waals surface area contributed by atoms with Crippen LogP contribution in [0.25, 0.3) is 0 Å². The summed E-state index contributed by atoms with van der Waals surface area (Å²) in [4.78, 5) is 47.3. The lowest BCUT2D eigenvalue weighted by Gasteiger charge is -2.47. The molecular weight excluding hydrogens is 780 g/mol. The normalized spacial score (nSPS) is 36.4. The van der Waals surface area contributed by atoms with E-state index in [4.69, 9.17) is 28.5 Å². The molecule has 0 radical (unpaired) electrons. The number of nitrogens with zero attached hydrogens (tertiary/aromatic N) is 2. The molecule has 0 unspecified atom stereocenters. The second-order valence-electron chi connectivity index (χ2n) is 16.8. The second-order valence-corrected chi connectivity index (χ2v) is 16.8. The Bertz CT molecular complexity index is 1780. The van der Waals surface area contributed by atoms with E-state index in [0.717, 1.165) is 0 Å². The molecule has 0 aromatic heterocycles. The van der Waals surface area contributed by atoms with E-state index in [1.165, 1.54) is 52.0 Å². The average Bonchev–Trinajstić information content (AvgIpc) is 3.23. The molecule has 14 atom stereocenters. The number of methoxy groups -OCH3 is 2.